The highest BCUT2D eigenvalue weighted by atomic mass is 16.5. The van der Waals surface area contributed by atoms with Gasteiger partial charge >= 0.3 is 0 Å². The zero-order valence-electron chi connectivity index (χ0n) is 14.8. The van der Waals surface area contributed by atoms with E-state index in [0.717, 1.165) is 47.9 Å². The number of methoxy groups -OCH3 is 1. The van der Waals surface area contributed by atoms with E-state index in [-0.39, 0.29) is 17.9 Å². The van der Waals surface area contributed by atoms with Gasteiger partial charge < -0.3 is 19.9 Å². The summed E-state index contributed by atoms with van der Waals surface area (Å²) < 4.78 is 5.28. The van der Waals surface area contributed by atoms with Crippen molar-refractivity contribution < 1.29 is 14.3 Å². The average Bonchev–Trinajstić information content (AvgIpc) is 2.94. The maximum absolute atomic E-state index is 12.5. The van der Waals surface area contributed by atoms with Crippen molar-refractivity contribution in [1.82, 2.24) is 15.2 Å². The first-order valence-electron chi connectivity index (χ1n) is 8.77. The number of nitrogens with one attached hydrogen (secondary N) is 2. The van der Waals surface area contributed by atoms with Gasteiger partial charge in [0, 0.05) is 37.1 Å². The summed E-state index contributed by atoms with van der Waals surface area (Å²) in [6.07, 6.45) is 5.75. The van der Waals surface area contributed by atoms with Gasteiger partial charge in [0.1, 0.15) is 11.8 Å². The summed E-state index contributed by atoms with van der Waals surface area (Å²) in [6.45, 7) is 0.543. The Morgan fingerprint density at radius 2 is 2.24 bits per heavy atom. The monoisotopic (exact) mass is 343 g/mol. The van der Waals surface area contributed by atoms with Crippen molar-refractivity contribution in [1.29, 1.82) is 0 Å². The molecule has 1 fully saturated rings. The van der Waals surface area contributed by atoms with Crippen LogP contribution in [0.25, 0.3) is 10.9 Å². The number of nitrogens with zero attached hydrogens (tertiary/aromatic N) is 1. The van der Waals surface area contributed by atoms with E-state index < -0.39 is 0 Å². The Labute approximate surface area is 147 Å². The van der Waals surface area contributed by atoms with Gasteiger partial charge in [-0.25, -0.2) is 0 Å². The van der Waals surface area contributed by atoms with Crippen molar-refractivity contribution in [2.24, 2.45) is 0 Å². The largest absolute Gasteiger partial charge is 0.497 e. The number of aromatic amines is 1. The molecule has 134 valence electrons. The second-order valence-corrected chi connectivity index (χ2v) is 6.53. The Morgan fingerprint density at radius 3 is 3.04 bits per heavy atom. The van der Waals surface area contributed by atoms with Crippen molar-refractivity contribution in [2.45, 2.75) is 38.1 Å². The summed E-state index contributed by atoms with van der Waals surface area (Å²) in [4.78, 5) is 29.2. The first-order chi connectivity index (χ1) is 12.1. The Bertz CT molecular complexity index is 768. The molecular weight excluding hydrogens is 318 g/mol. The van der Waals surface area contributed by atoms with E-state index in [1.807, 2.05) is 24.4 Å². The van der Waals surface area contributed by atoms with Crippen molar-refractivity contribution in [3.05, 3.63) is 30.0 Å². The van der Waals surface area contributed by atoms with Crippen LogP contribution >= 0.6 is 0 Å². The van der Waals surface area contributed by atoms with E-state index in [2.05, 4.69) is 10.3 Å². The average molecular weight is 343 g/mol. The van der Waals surface area contributed by atoms with Crippen LogP contribution in [0.2, 0.25) is 0 Å². The van der Waals surface area contributed by atoms with Crippen LogP contribution in [-0.4, -0.2) is 48.4 Å². The van der Waals surface area contributed by atoms with Crippen LogP contribution < -0.4 is 10.1 Å². The van der Waals surface area contributed by atoms with Gasteiger partial charge in [-0.1, -0.05) is 6.42 Å². The highest BCUT2D eigenvalue weighted by molar-refractivity contribution is 5.88. The number of amides is 2. The Balaban J connectivity index is 1.60. The molecule has 0 bridgehead atoms. The summed E-state index contributed by atoms with van der Waals surface area (Å²) in [6, 6.07) is 5.56. The van der Waals surface area contributed by atoms with Gasteiger partial charge in [0.05, 0.1) is 7.11 Å². The molecule has 0 radical (unpaired) electrons. The molecule has 2 heterocycles. The van der Waals surface area contributed by atoms with Crippen LogP contribution in [-0.2, 0) is 16.0 Å². The zero-order valence-corrected chi connectivity index (χ0v) is 14.8. The molecule has 6 nitrogen and oxygen atoms in total. The van der Waals surface area contributed by atoms with Gasteiger partial charge in [-0.15, -0.1) is 0 Å². The first kappa shape index (κ1) is 17.3. The number of ether oxygens (including phenoxy) is 1. The Morgan fingerprint density at radius 1 is 1.40 bits per heavy atom. The molecule has 0 spiro atoms. The lowest BCUT2D eigenvalue weighted by Gasteiger charge is -2.25. The van der Waals surface area contributed by atoms with Crippen LogP contribution in [0.15, 0.2) is 24.4 Å². The van der Waals surface area contributed by atoms with Gasteiger partial charge in [-0.05, 0) is 43.0 Å². The number of carbonyl (C=O) groups excluding carboxylic acids is 2. The van der Waals surface area contributed by atoms with Gasteiger partial charge in [-0.2, -0.15) is 0 Å². The fourth-order valence-electron chi connectivity index (χ4n) is 3.39. The number of hydrogen-bond donors (Lipinski definition) is 2. The van der Waals surface area contributed by atoms with Gasteiger partial charge in [-0.3, -0.25) is 9.59 Å². The molecule has 3 rings (SSSR count). The minimum absolute atomic E-state index is 0.0568. The topological polar surface area (TPSA) is 74.4 Å². The third kappa shape index (κ3) is 3.78. The molecule has 6 heteroatoms. The molecular formula is C19H25N3O3. The van der Waals surface area contributed by atoms with Crippen molar-refractivity contribution in [3.8, 4) is 5.75 Å². The van der Waals surface area contributed by atoms with E-state index in [0.29, 0.717) is 13.0 Å². The molecule has 2 aromatic rings. The Hall–Kier alpha value is -2.50. The van der Waals surface area contributed by atoms with Gasteiger partial charge in [0.15, 0.2) is 0 Å². The SMILES string of the molecule is COc1ccc2[nH]cc(CCNC(=O)C3CCCCC(=O)N3C)c2c1. The first-order valence-corrected chi connectivity index (χ1v) is 8.77. The van der Waals surface area contributed by atoms with Crippen molar-refractivity contribution >= 4 is 22.7 Å². The molecule has 1 saturated heterocycles. The lowest BCUT2D eigenvalue weighted by atomic mass is 10.1. The quantitative estimate of drug-likeness (QED) is 0.874. The third-order valence-electron chi connectivity index (χ3n) is 4.95. The van der Waals surface area contributed by atoms with Crippen LogP contribution in [0.3, 0.4) is 0 Å². The summed E-state index contributed by atoms with van der Waals surface area (Å²) in [5, 5.41) is 4.09. The Kier molecular flexibility index (Phi) is 5.26. The third-order valence-corrected chi connectivity index (χ3v) is 4.95. The number of rotatable bonds is 5. The molecule has 2 N–H and O–H groups in total. The summed E-state index contributed by atoms with van der Waals surface area (Å²) >= 11 is 0. The molecule has 1 aliphatic rings. The molecule has 2 amide bonds. The van der Waals surface area contributed by atoms with Crippen LogP contribution in [0.5, 0.6) is 5.75 Å². The predicted octanol–water partition coefficient (Wildman–Crippen LogP) is 2.24. The number of likely N-dealkylation sites (tertiary alicyclic amines) is 1. The fraction of sp³-hybridized carbons (Fsp3) is 0.474. The van der Waals surface area contributed by atoms with Gasteiger partial charge in [0.25, 0.3) is 0 Å². The number of H-pyrrole nitrogens is 1. The number of aromatic nitrogens is 1. The summed E-state index contributed by atoms with van der Waals surface area (Å²) in [5.74, 6) is 0.813. The van der Waals surface area contributed by atoms with Crippen molar-refractivity contribution in [3.63, 3.8) is 0 Å². The number of likely N-dealkylation sites (N-methyl/N-ethyl adjacent to an activating group) is 1. The molecule has 1 aliphatic heterocycles. The maximum atomic E-state index is 12.5. The standard InChI is InChI=1S/C19H25N3O3/c1-22-17(5-3-4-6-18(22)23)19(24)20-10-9-13-12-21-16-8-7-14(25-2)11-15(13)16/h7-8,11-12,17,21H,3-6,9-10H2,1-2H3,(H,20,24). The van der Waals surface area contributed by atoms with Crippen LogP contribution in [0, 0.1) is 0 Å². The number of benzene rings is 1. The fourth-order valence-corrected chi connectivity index (χ4v) is 3.39. The van der Waals surface area contributed by atoms with Crippen LogP contribution in [0.4, 0.5) is 0 Å². The minimum atomic E-state index is -0.349. The van der Waals surface area contributed by atoms with E-state index in [4.69, 9.17) is 4.74 Å². The number of hydrogen-bond acceptors (Lipinski definition) is 3. The second-order valence-electron chi connectivity index (χ2n) is 6.53. The smallest absolute Gasteiger partial charge is 0.242 e. The molecule has 1 aromatic carbocycles. The van der Waals surface area contributed by atoms with Gasteiger partial charge in [0.2, 0.25) is 11.8 Å². The summed E-state index contributed by atoms with van der Waals surface area (Å²) in [5.41, 5.74) is 2.19. The van der Waals surface area contributed by atoms with Crippen LogP contribution in [0.1, 0.15) is 31.2 Å². The molecule has 0 saturated carbocycles. The number of fused-ring (bicyclic) bond motifs is 1. The minimum Gasteiger partial charge on any atom is -0.497 e. The van der Waals surface area contributed by atoms with E-state index in [9.17, 15) is 9.59 Å². The molecule has 1 unspecified atom stereocenters. The molecule has 1 aromatic heterocycles. The maximum Gasteiger partial charge on any atom is 0.242 e. The number of carbonyl (C=O) groups is 2. The predicted molar refractivity (Wildman–Crippen MR) is 96.6 cm³/mol. The van der Waals surface area contributed by atoms with Crippen molar-refractivity contribution in [2.75, 3.05) is 20.7 Å². The molecule has 0 aliphatic carbocycles. The second kappa shape index (κ2) is 7.59. The molecule has 1 atom stereocenters. The normalized spacial score (nSPS) is 18.2. The zero-order chi connectivity index (χ0) is 17.8. The van der Waals surface area contributed by atoms with E-state index in [1.165, 1.54) is 0 Å². The van der Waals surface area contributed by atoms with E-state index >= 15 is 0 Å². The molecule has 25 heavy (non-hydrogen) atoms. The lowest BCUT2D eigenvalue weighted by molar-refractivity contribution is -0.138. The van der Waals surface area contributed by atoms with E-state index in [1.54, 1.807) is 19.1 Å². The summed E-state index contributed by atoms with van der Waals surface area (Å²) in [7, 11) is 3.38. The highest BCUT2D eigenvalue weighted by Gasteiger charge is 2.28. The lowest BCUT2D eigenvalue weighted by Crippen LogP contribution is -2.47. The highest BCUT2D eigenvalue weighted by Crippen LogP contribution is 2.24.